The topological polar surface area (TPSA) is 48.1 Å². The molecule has 2 aromatic rings. The minimum Gasteiger partial charge on any atom is -0.491 e. The SMILES string of the molecule is NCCc1cccc(Cl)c1OCCc1ccccn1. The summed E-state index contributed by atoms with van der Waals surface area (Å²) in [6.07, 6.45) is 3.30. The second-order valence-electron chi connectivity index (χ2n) is 4.19. The Bertz CT molecular complexity index is 517. The lowest BCUT2D eigenvalue weighted by molar-refractivity contribution is 0.317. The van der Waals surface area contributed by atoms with Gasteiger partial charge in [0.05, 0.1) is 11.6 Å². The lowest BCUT2D eigenvalue weighted by atomic mass is 10.1. The Hall–Kier alpha value is -1.58. The van der Waals surface area contributed by atoms with Gasteiger partial charge in [-0.15, -0.1) is 0 Å². The van der Waals surface area contributed by atoms with Gasteiger partial charge in [0, 0.05) is 18.3 Å². The molecule has 4 heteroatoms. The van der Waals surface area contributed by atoms with Crippen LogP contribution in [0.5, 0.6) is 5.75 Å². The Labute approximate surface area is 118 Å². The number of hydrogen-bond donors (Lipinski definition) is 1. The highest BCUT2D eigenvalue weighted by Crippen LogP contribution is 2.28. The van der Waals surface area contributed by atoms with Crippen LogP contribution in [-0.4, -0.2) is 18.1 Å². The van der Waals surface area contributed by atoms with Gasteiger partial charge in [-0.25, -0.2) is 0 Å². The number of halogens is 1. The van der Waals surface area contributed by atoms with Crippen LogP contribution in [0.3, 0.4) is 0 Å². The Morgan fingerprint density at radius 1 is 1.11 bits per heavy atom. The van der Waals surface area contributed by atoms with E-state index in [4.69, 9.17) is 22.1 Å². The van der Waals surface area contributed by atoms with E-state index in [1.807, 2.05) is 36.4 Å². The third-order valence-corrected chi connectivity index (χ3v) is 3.09. The van der Waals surface area contributed by atoms with Gasteiger partial charge >= 0.3 is 0 Å². The van der Waals surface area contributed by atoms with Crippen molar-refractivity contribution in [3.8, 4) is 5.75 Å². The van der Waals surface area contributed by atoms with Crippen molar-refractivity contribution in [1.29, 1.82) is 0 Å². The summed E-state index contributed by atoms with van der Waals surface area (Å²) in [5.41, 5.74) is 7.65. The standard InChI is InChI=1S/C15H17ClN2O/c16-14-6-3-4-12(7-9-17)15(14)19-11-8-13-5-1-2-10-18-13/h1-6,10H,7-9,11,17H2. The third kappa shape index (κ3) is 3.94. The molecule has 2 N–H and O–H groups in total. The van der Waals surface area contributed by atoms with Gasteiger partial charge in [-0.3, -0.25) is 4.98 Å². The number of pyridine rings is 1. The first-order chi connectivity index (χ1) is 9.31. The number of ether oxygens (including phenoxy) is 1. The molecule has 0 atom stereocenters. The normalized spacial score (nSPS) is 10.4. The zero-order chi connectivity index (χ0) is 13.5. The summed E-state index contributed by atoms with van der Waals surface area (Å²) < 4.78 is 5.80. The molecule has 2 rings (SSSR count). The highest BCUT2D eigenvalue weighted by atomic mass is 35.5. The molecule has 1 aromatic heterocycles. The molecule has 1 aromatic carbocycles. The van der Waals surface area contributed by atoms with Crippen LogP contribution in [0.1, 0.15) is 11.3 Å². The Morgan fingerprint density at radius 3 is 2.74 bits per heavy atom. The number of aromatic nitrogens is 1. The summed E-state index contributed by atoms with van der Waals surface area (Å²) in [5, 5.41) is 0.631. The Kier molecular flexibility index (Phi) is 5.19. The van der Waals surface area contributed by atoms with Crippen LogP contribution in [-0.2, 0) is 12.8 Å². The van der Waals surface area contributed by atoms with Crippen molar-refractivity contribution in [2.24, 2.45) is 5.73 Å². The van der Waals surface area contributed by atoms with E-state index in [-0.39, 0.29) is 0 Å². The lowest BCUT2D eigenvalue weighted by Gasteiger charge is -2.12. The molecule has 0 bridgehead atoms. The van der Waals surface area contributed by atoms with Crippen molar-refractivity contribution in [2.75, 3.05) is 13.2 Å². The minimum atomic E-state index is 0.554. The van der Waals surface area contributed by atoms with Crippen molar-refractivity contribution >= 4 is 11.6 Å². The fraction of sp³-hybridized carbons (Fsp3) is 0.267. The van der Waals surface area contributed by atoms with E-state index in [0.717, 1.165) is 29.8 Å². The molecule has 0 saturated heterocycles. The maximum atomic E-state index is 6.17. The summed E-state index contributed by atoms with van der Waals surface area (Å²) in [6.45, 7) is 1.13. The van der Waals surface area contributed by atoms with Gasteiger partial charge in [-0.05, 0) is 36.7 Å². The molecule has 0 amide bonds. The van der Waals surface area contributed by atoms with Gasteiger partial charge in [0.2, 0.25) is 0 Å². The first-order valence-electron chi connectivity index (χ1n) is 6.31. The number of para-hydroxylation sites is 1. The maximum Gasteiger partial charge on any atom is 0.141 e. The smallest absolute Gasteiger partial charge is 0.141 e. The summed E-state index contributed by atoms with van der Waals surface area (Å²) in [4.78, 5) is 4.26. The molecule has 0 aliphatic rings. The lowest BCUT2D eigenvalue weighted by Crippen LogP contribution is -2.08. The van der Waals surface area contributed by atoms with Crippen molar-refractivity contribution in [1.82, 2.24) is 4.98 Å². The van der Waals surface area contributed by atoms with Gasteiger partial charge in [-0.2, -0.15) is 0 Å². The van der Waals surface area contributed by atoms with Crippen LogP contribution in [0, 0.1) is 0 Å². The molecule has 0 unspecified atom stereocenters. The molecule has 0 fully saturated rings. The average Bonchev–Trinajstić information content (AvgIpc) is 2.43. The first-order valence-corrected chi connectivity index (χ1v) is 6.69. The minimum absolute atomic E-state index is 0.554. The molecule has 0 aliphatic carbocycles. The monoisotopic (exact) mass is 276 g/mol. The van der Waals surface area contributed by atoms with Gasteiger partial charge < -0.3 is 10.5 Å². The largest absolute Gasteiger partial charge is 0.491 e. The quantitative estimate of drug-likeness (QED) is 0.883. The molecule has 0 saturated carbocycles. The molecule has 0 radical (unpaired) electrons. The van der Waals surface area contributed by atoms with Gasteiger partial charge in [0.25, 0.3) is 0 Å². The van der Waals surface area contributed by atoms with Crippen molar-refractivity contribution in [2.45, 2.75) is 12.8 Å². The van der Waals surface area contributed by atoms with E-state index in [1.165, 1.54) is 0 Å². The van der Waals surface area contributed by atoms with Gasteiger partial charge in [0.1, 0.15) is 5.75 Å². The molecular weight excluding hydrogens is 260 g/mol. The van der Waals surface area contributed by atoms with Crippen LogP contribution >= 0.6 is 11.6 Å². The molecule has 3 nitrogen and oxygen atoms in total. The Balaban J connectivity index is 1.99. The van der Waals surface area contributed by atoms with Gasteiger partial charge in [0.15, 0.2) is 0 Å². The number of hydrogen-bond acceptors (Lipinski definition) is 3. The summed E-state index contributed by atoms with van der Waals surface area (Å²) in [7, 11) is 0. The molecule has 100 valence electrons. The highest BCUT2D eigenvalue weighted by Gasteiger charge is 2.07. The van der Waals surface area contributed by atoms with E-state index < -0.39 is 0 Å². The van der Waals surface area contributed by atoms with Crippen LogP contribution in [0.15, 0.2) is 42.6 Å². The number of benzene rings is 1. The summed E-state index contributed by atoms with van der Waals surface area (Å²) in [5.74, 6) is 0.741. The molecule has 19 heavy (non-hydrogen) atoms. The van der Waals surface area contributed by atoms with Crippen LogP contribution < -0.4 is 10.5 Å². The molecule has 0 spiro atoms. The number of nitrogens with two attached hydrogens (primary N) is 1. The molecule has 1 heterocycles. The fourth-order valence-electron chi connectivity index (χ4n) is 1.87. The predicted octanol–water partition coefficient (Wildman–Crippen LogP) is 2.86. The zero-order valence-electron chi connectivity index (χ0n) is 10.7. The maximum absolute atomic E-state index is 6.17. The highest BCUT2D eigenvalue weighted by molar-refractivity contribution is 6.32. The van der Waals surface area contributed by atoms with E-state index in [0.29, 0.717) is 18.2 Å². The average molecular weight is 277 g/mol. The van der Waals surface area contributed by atoms with E-state index in [1.54, 1.807) is 6.20 Å². The second kappa shape index (κ2) is 7.12. The van der Waals surface area contributed by atoms with Crippen molar-refractivity contribution in [3.63, 3.8) is 0 Å². The first kappa shape index (κ1) is 13.8. The zero-order valence-corrected chi connectivity index (χ0v) is 11.4. The van der Waals surface area contributed by atoms with E-state index >= 15 is 0 Å². The van der Waals surface area contributed by atoms with Crippen molar-refractivity contribution < 1.29 is 4.74 Å². The predicted molar refractivity (Wildman–Crippen MR) is 77.6 cm³/mol. The van der Waals surface area contributed by atoms with Crippen LogP contribution in [0.4, 0.5) is 0 Å². The summed E-state index contributed by atoms with van der Waals surface area (Å²) >= 11 is 6.17. The van der Waals surface area contributed by atoms with Gasteiger partial charge in [-0.1, -0.05) is 29.8 Å². The van der Waals surface area contributed by atoms with E-state index in [9.17, 15) is 0 Å². The third-order valence-electron chi connectivity index (χ3n) is 2.79. The van der Waals surface area contributed by atoms with Crippen molar-refractivity contribution in [3.05, 3.63) is 58.9 Å². The van der Waals surface area contributed by atoms with E-state index in [2.05, 4.69) is 4.98 Å². The summed E-state index contributed by atoms with van der Waals surface area (Å²) in [6, 6.07) is 11.6. The Morgan fingerprint density at radius 2 is 2.00 bits per heavy atom. The van der Waals surface area contributed by atoms with Crippen LogP contribution in [0.25, 0.3) is 0 Å². The molecular formula is C15H17ClN2O. The number of nitrogens with zero attached hydrogens (tertiary/aromatic N) is 1. The van der Waals surface area contributed by atoms with Crippen LogP contribution in [0.2, 0.25) is 5.02 Å². The fourth-order valence-corrected chi connectivity index (χ4v) is 2.12. The number of rotatable bonds is 6. The molecule has 0 aliphatic heterocycles. The second-order valence-corrected chi connectivity index (χ2v) is 4.59.